The van der Waals surface area contributed by atoms with E-state index in [4.69, 9.17) is 0 Å². The van der Waals surface area contributed by atoms with Crippen LogP contribution in [0.2, 0.25) is 0 Å². The number of hydrogen-bond donors (Lipinski definition) is 2. The molecule has 0 fully saturated rings. The van der Waals surface area contributed by atoms with Crippen LogP contribution in [0.15, 0.2) is 102 Å². The maximum absolute atomic E-state index is 12.8. The highest BCUT2D eigenvalue weighted by Gasteiger charge is 2.22. The van der Waals surface area contributed by atoms with Crippen molar-refractivity contribution in [2.45, 2.75) is 5.92 Å². The summed E-state index contributed by atoms with van der Waals surface area (Å²) in [5, 5.41) is 6.57. The smallest absolute Gasteiger partial charge is 0.259 e. The van der Waals surface area contributed by atoms with Crippen LogP contribution >= 0.6 is 0 Å². The highest BCUT2D eigenvalue weighted by Crippen LogP contribution is 2.24. The molecule has 3 aromatic carbocycles. The van der Waals surface area contributed by atoms with Crippen LogP contribution < -0.4 is 10.7 Å². The van der Waals surface area contributed by atoms with E-state index in [9.17, 15) is 9.59 Å². The van der Waals surface area contributed by atoms with E-state index < -0.39 is 11.8 Å². The SMILES string of the molecule is O=C(CNC(=O)C(c1ccccc1)c1ccccc1)NN=CC=Cc1ccccc1. The number of rotatable bonds is 8. The molecule has 2 amide bonds. The van der Waals surface area contributed by atoms with Gasteiger partial charge in [0.15, 0.2) is 0 Å². The minimum Gasteiger partial charge on any atom is -0.346 e. The molecule has 150 valence electrons. The Bertz CT molecular complexity index is 961. The molecular weight excluding hydrogens is 374 g/mol. The summed E-state index contributed by atoms with van der Waals surface area (Å²) in [7, 11) is 0. The number of nitrogens with zero attached hydrogens (tertiary/aromatic N) is 1. The van der Waals surface area contributed by atoms with E-state index in [1.807, 2.05) is 97.1 Å². The first-order valence-corrected chi connectivity index (χ1v) is 9.65. The van der Waals surface area contributed by atoms with Gasteiger partial charge in [0, 0.05) is 6.21 Å². The molecular formula is C25H23N3O2. The number of carbonyl (C=O) groups is 2. The van der Waals surface area contributed by atoms with E-state index in [1.54, 1.807) is 6.08 Å². The van der Waals surface area contributed by atoms with E-state index in [0.29, 0.717) is 0 Å². The van der Waals surface area contributed by atoms with Crippen LogP contribution in [0.1, 0.15) is 22.6 Å². The maximum Gasteiger partial charge on any atom is 0.259 e. The lowest BCUT2D eigenvalue weighted by Crippen LogP contribution is -2.37. The number of amides is 2. The first kappa shape index (κ1) is 20.7. The largest absolute Gasteiger partial charge is 0.346 e. The quantitative estimate of drug-likeness (QED) is 0.449. The van der Waals surface area contributed by atoms with Gasteiger partial charge in [-0.3, -0.25) is 9.59 Å². The molecule has 30 heavy (non-hydrogen) atoms. The zero-order valence-electron chi connectivity index (χ0n) is 16.4. The van der Waals surface area contributed by atoms with Crippen molar-refractivity contribution in [3.05, 3.63) is 114 Å². The van der Waals surface area contributed by atoms with Crippen molar-refractivity contribution in [1.29, 1.82) is 0 Å². The highest BCUT2D eigenvalue weighted by molar-refractivity contribution is 5.91. The van der Waals surface area contributed by atoms with Gasteiger partial charge in [-0.15, -0.1) is 0 Å². The Morgan fingerprint density at radius 2 is 1.33 bits per heavy atom. The fraction of sp³-hybridized carbons (Fsp3) is 0.0800. The van der Waals surface area contributed by atoms with Gasteiger partial charge in [0.05, 0.1) is 12.5 Å². The highest BCUT2D eigenvalue weighted by atomic mass is 16.2. The van der Waals surface area contributed by atoms with E-state index >= 15 is 0 Å². The number of nitrogens with one attached hydrogen (secondary N) is 2. The van der Waals surface area contributed by atoms with Crippen LogP contribution in [0.4, 0.5) is 0 Å². The van der Waals surface area contributed by atoms with E-state index in [-0.39, 0.29) is 12.5 Å². The molecule has 0 bridgehead atoms. The third-order valence-corrected chi connectivity index (χ3v) is 4.39. The van der Waals surface area contributed by atoms with Gasteiger partial charge < -0.3 is 5.32 Å². The fourth-order valence-electron chi connectivity index (χ4n) is 2.97. The Morgan fingerprint density at radius 1 is 0.800 bits per heavy atom. The summed E-state index contributed by atoms with van der Waals surface area (Å²) in [6.45, 7) is -0.158. The summed E-state index contributed by atoms with van der Waals surface area (Å²) < 4.78 is 0. The van der Waals surface area contributed by atoms with Gasteiger partial charge in [0.1, 0.15) is 0 Å². The van der Waals surface area contributed by atoms with E-state index in [1.165, 1.54) is 6.21 Å². The molecule has 0 atom stereocenters. The summed E-state index contributed by atoms with van der Waals surface area (Å²) in [4.78, 5) is 24.9. The molecule has 3 aromatic rings. The number of allylic oxidation sites excluding steroid dienone is 1. The van der Waals surface area contributed by atoms with Crippen LogP contribution in [-0.2, 0) is 9.59 Å². The maximum atomic E-state index is 12.8. The molecule has 3 rings (SSSR count). The first-order chi connectivity index (χ1) is 14.7. The molecule has 0 spiro atoms. The van der Waals surface area contributed by atoms with Crippen molar-refractivity contribution in [1.82, 2.24) is 10.7 Å². The second-order valence-corrected chi connectivity index (χ2v) is 6.56. The Kier molecular flexibility index (Phi) is 7.69. The minimum absolute atomic E-state index is 0.158. The third kappa shape index (κ3) is 6.27. The summed E-state index contributed by atoms with van der Waals surface area (Å²) in [6.07, 6.45) is 5.10. The summed E-state index contributed by atoms with van der Waals surface area (Å²) >= 11 is 0. The first-order valence-electron chi connectivity index (χ1n) is 9.65. The molecule has 0 saturated carbocycles. The van der Waals surface area contributed by atoms with Gasteiger partial charge >= 0.3 is 0 Å². The van der Waals surface area contributed by atoms with Gasteiger partial charge in [0.2, 0.25) is 5.91 Å². The van der Waals surface area contributed by atoms with Gasteiger partial charge in [-0.25, -0.2) is 5.43 Å². The van der Waals surface area contributed by atoms with Crippen molar-refractivity contribution in [3.8, 4) is 0 Å². The summed E-state index contributed by atoms with van der Waals surface area (Å²) in [6, 6.07) is 28.8. The Hall–Kier alpha value is -3.99. The van der Waals surface area contributed by atoms with Gasteiger partial charge in [-0.1, -0.05) is 97.1 Å². The summed E-state index contributed by atoms with van der Waals surface area (Å²) in [5.74, 6) is -1.12. The van der Waals surface area contributed by atoms with Crippen LogP contribution in [-0.4, -0.2) is 24.6 Å². The summed E-state index contributed by atoms with van der Waals surface area (Å²) in [5.41, 5.74) is 5.18. The minimum atomic E-state index is -0.488. The monoisotopic (exact) mass is 397 g/mol. The average Bonchev–Trinajstić information content (AvgIpc) is 2.80. The molecule has 5 heteroatoms. The molecule has 5 nitrogen and oxygen atoms in total. The molecule has 0 aliphatic heterocycles. The molecule has 0 aromatic heterocycles. The molecule has 0 radical (unpaired) electrons. The van der Waals surface area contributed by atoms with Crippen molar-refractivity contribution >= 4 is 24.1 Å². The number of hydrogen-bond acceptors (Lipinski definition) is 3. The van der Waals surface area contributed by atoms with Crippen LogP contribution in [0.3, 0.4) is 0 Å². The van der Waals surface area contributed by atoms with Crippen molar-refractivity contribution < 1.29 is 9.59 Å². The fourth-order valence-corrected chi connectivity index (χ4v) is 2.97. The second-order valence-electron chi connectivity index (χ2n) is 6.56. The zero-order valence-corrected chi connectivity index (χ0v) is 16.4. The van der Waals surface area contributed by atoms with Gasteiger partial charge in [-0.05, 0) is 22.8 Å². The van der Waals surface area contributed by atoms with Crippen molar-refractivity contribution in [2.24, 2.45) is 5.10 Å². The molecule has 0 aliphatic rings. The molecule has 0 aliphatic carbocycles. The average molecular weight is 397 g/mol. The van der Waals surface area contributed by atoms with Crippen LogP contribution in [0.5, 0.6) is 0 Å². The molecule has 0 saturated heterocycles. The topological polar surface area (TPSA) is 70.6 Å². The molecule has 0 heterocycles. The lowest BCUT2D eigenvalue weighted by atomic mass is 9.90. The van der Waals surface area contributed by atoms with Gasteiger partial charge in [0.25, 0.3) is 5.91 Å². The number of benzene rings is 3. The van der Waals surface area contributed by atoms with E-state index in [2.05, 4.69) is 15.8 Å². The normalized spacial score (nSPS) is 11.1. The Balaban J connectivity index is 1.54. The number of hydrazone groups is 1. The second kappa shape index (κ2) is 11.1. The van der Waals surface area contributed by atoms with Crippen molar-refractivity contribution in [3.63, 3.8) is 0 Å². The predicted octanol–water partition coefficient (Wildman–Crippen LogP) is 3.75. The van der Waals surface area contributed by atoms with Crippen molar-refractivity contribution in [2.75, 3.05) is 6.54 Å². The van der Waals surface area contributed by atoms with Crippen LogP contribution in [0, 0.1) is 0 Å². The molecule has 0 unspecified atom stereocenters. The standard InChI is InChI=1S/C25H23N3O2/c29-23(28-27-18-10-13-20-11-4-1-5-12-20)19-26-25(30)24(21-14-6-2-7-15-21)22-16-8-3-9-17-22/h1-18,24H,19H2,(H,26,30)(H,28,29). The molecule has 2 N–H and O–H groups in total. The number of carbonyl (C=O) groups excluding carboxylic acids is 2. The van der Waals surface area contributed by atoms with Crippen LogP contribution in [0.25, 0.3) is 6.08 Å². The Morgan fingerprint density at radius 3 is 1.90 bits per heavy atom. The lowest BCUT2D eigenvalue weighted by molar-refractivity contribution is -0.126. The predicted molar refractivity (Wildman–Crippen MR) is 120 cm³/mol. The van der Waals surface area contributed by atoms with E-state index in [0.717, 1.165) is 16.7 Å². The lowest BCUT2D eigenvalue weighted by Gasteiger charge is -2.17. The Labute approximate surface area is 176 Å². The third-order valence-electron chi connectivity index (χ3n) is 4.39. The zero-order chi connectivity index (χ0) is 21.0. The van der Waals surface area contributed by atoms with Gasteiger partial charge in [-0.2, -0.15) is 5.10 Å².